The van der Waals surface area contributed by atoms with E-state index in [9.17, 15) is 19.8 Å². The fraction of sp³-hybridized carbons (Fsp3) is 0.800. The summed E-state index contributed by atoms with van der Waals surface area (Å²) >= 11 is 0. The Labute approximate surface area is 93.5 Å². The molecule has 92 valence electrons. The highest BCUT2D eigenvalue weighted by Crippen LogP contribution is 2.38. The number of carbonyl (C=O) groups is 2. The fourth-order valence-corrected chi connectivity index (χ4v) is 2.34. The topological polar surface area (TPSA) is 98.1 Å². The number of rotatable bonds is 2. The average molecular weight is 231 g/mol. The van der Waals surface area contributed by atoms with Gasteiger partial charge in [0.05, 0.1) is 17.6 Å². The maximum absolute atomic E-state index is 11.2. The highest BCUT2D eigenvalue weighted by atomic mass is 16.4. The summed E-state index contributed by atoms with van der Waals surface area (Å²) < 4.78 is 0. The van der Waals surface area contributed by atoms with Crippen molar-refractivity contribution in [3.63, 3.8) is 0 Å². The van der Waals surface area contributed by atoms with Crippen LogP contribution in [0.2, 0.25) is 0 Å². The van der Waals surface area contributed by atoms with Crippen molar-refractivity contribution in [3.8, 4) is 0 Å². The zero-order valence-electron chi connectivity index (χ0n) is 9.38. The molecule has 1 rings (SSSR count). The normalized spacial score (nSPS) is 34.8. The lowest BCUT2D eigenvalue weighted by Gasteiger charge is -2.45. The molecule has 3 N–H and O–H groups in total. The number of aliphatic hydroxyl groups is 1. The molecule has 6 nitrogen and oxygen atoms in total. The Morgan fingerprint density at radius 2 is 2.00 bits per heavy atom. The Hall–Kier alpha value is -1.30. The lowest BCUT2D eigenvalue weighted by Crippen LogP contribution is -2.60. The van der Waals surface area contributed by atoms with E-state index in [-0.39, 0.29) is 13.0 Å². The van der Waals surface area contributed by atoms with Crippen molar-refractivity contribution >= 4 is 12.1 Å². The van der Waals surface area contributed by atoms with Gasteiger partial charge in [-0.15, -0.1) is 0 Å². The maximum atomic E-state index is 11.2. The number of piperidine rings is 1. The Morgan fingerprint density at radius 3 is 2.38 bits per heavy atom. The summed E-state index contributed by atoms with van der Waals surface area (Å²) in [5.41, 5.74) is -1.22. The third-order valence-corrected chi connectivity index (χ3v) is 3.62. The summed E-state index contributed by atoms with van der Waals surface area (Å²) in [5, 5.41) is 28.0. The summed E-state index contributed by atoms with van der Waals surface area (Å²) in [6.45, 7) is 3.37. The molecule has 1 amide bonds. The minimum absolute atomic E-state index is 0.147. The smallest absolute Gasteiger partial charge is 0.407 e. The summed E-state index contributed by atoms with van der Waals surface area (Å²) in [6, 6.07) is -0.692. The van der Waals surface area contributed by atoms with E-state index in [0.29, 0.717) is 6.42 Å². The van der Waals surface area contributed by atoms with Crippen molar-refractivity contribution in [1.82, 2.24) is 4.90 Å². The van der Waals surface area contributed by atoms with Gasteiger partial charge in [0.1, 0.15) is 0 Å². The third-order valence-electron chi connectivity index (χ3n) is 3.62. The highest BCUT2D eigenvalue weighted by molar-refractivity contribution is 5.76. The van der Waals surface area contributed by atoms with Crippen LogP contribution in [0.5, 0.6) is 0 Å². The van der Waals surface area contributed by atoms with Crippen LogP contribution in [0.3, 0.4) is 0 Å². The van der Waals surface area contributed by atoms with Crippen molar-refractivity contribution in [1.29, 1.82) is 0 Å². The summed E-state index contributed by atoms with van der Waals surface area (Å²) in [7, 11) is 0. The number of likely N-dealkylation sites (tertiary alicyclic amines) is 1. The van der Waals surface area contributed by atoms with Crippen molar-refractivity contribution in [2.75, 3.05) is 6.54 Å². The van der Waals surface area contributed by atoms with E-state index < -0.39 is 29.6 Å². The highest BCUT2D eigenvalue weighted by Gasteiger charge is 2.51. The molecule has 2 unspecified atom stereocenters. The zero-order chi connectivity index (χ0) is 12.5. The largest absolute Gasteiger partial charge is 0.481 e. The molecule has 0 saturated carbocycles. The van der Waals surface area contributed by atoms with Crippen LogP contribution in [0.1, 0.15) is 26.7 Å². The number of aliphatic hydroxyl groups excluding tert-OH is 1. The summed E-state index contributed by atoms with van der Waals surface area (Å²) in [5.74, 6) is -1.06. The second-order valence-electron chi connectivity index (χ2n) is 4.23. The van der Waals surface area contributed by atoms with Crippen LogP contribution in [-0.4, -0.2) is 51.0 Å². The van der Waals surface area contributed by atoms with Crippen molar-refractivity contribution < 1.29 is 24.9 Å². The van der Waals surface area contributed by atoms with E-state index in [1.165, 1.54) is 6.92 Å². The molecule has 1 heterocycles. The standard InChI is InChI=1S/C10H17NO5/c1-3-10(8(13)14)4-5-11(9(15)16)6(2)7(10)12/h6-7,12H,3-5H2,1-2H3,(H,13,14)(H,15,16)/t6-,7?,10?/m0/s1. The Morgan fingerprint density at radius 1 is 1.44 bits per heavy atom. The predicted octanol–water partition coefficient (Wildman–Crippen LogP) is 0.601. The summed E-state index contributed by atoms with van der Waals surface area (Å²) in [4.78, 5) is 23.1. The van der Waals surface area contributed by atoms with Crippen LogP contribution in [0.15, 0.2) is 0 Å². The van der Waals surface area contributed by atoms with E-state index in [1.54, 1.807) is 6.92 Å². The van der Waals surface area contributed by atoms with Gasteiger partial charge < -0.3 is 20.2 Å². The molecular formula is C10H17NO5. The van der Waals surface area contributed by atoms with Crippen LogP contribution in [0.4, 0.5) is 4.79 Å². The minimum Gasteiger partial charge on any atom is -0.481 e. The third kappa shape index (κ3) is 1.73. The summed E-state index contributed by atoms with van der Waals surface area (Å²) in [6.07, 6.45) is -1.85. The van der Waals surface area contributed by atoms with Crippen molar-refractivity contribution in [2.24, 2.45) is 5.41 Å². The molecule has 6 heteroatoms. The molecule has 1 aliphatic heterocycles. The van der Waals surface area contributed by atoms with E-state index in [2.05, 4.69) is 0 Å². The molecular weight excluding hydrogens is 214 g/mol. The first-order chi connectivity index (χ1) is 7.36. The predicted molar refractivity (Wildman–Crippen MR) is 55.2 cm³/mol. The van der Waals surface area contributed by atoms with Gasteiger partial charge in [0.15, 0.2) is 0 Å². The van der Waals surface area contributed by atoms with Gasteiger partial charge in [-0.1, -0.05) is 6.92 Å². The molecule has 1 fully saturated rings. The number of aliphatic carboxylic acids is 1. The molecule has 3 atom stereocenters. The number of nitrogens with zero attached hydrogens (tertiary/aromatic N) is 1. The molecule has 1 saturated heterocycles. The Kier molecular flexibility index (Phi) is 3.42. The van der Waals surface area contributed by atoms with E-state index in [0.717, 1.165) is 4.90 Å². The van der Waals surface area contributed by atoms with Crippen molar-refractivity contribution in [2.45, 2.75) is 38.8 Å². The number of carboxylic acid groups (broad SMARTS) is 2. The van der Waals surface area contributed by atoms with E-state index in [1.807, 2.05) is 0 Å². The first-order valence-electron chi connectivity index (χ1n) is 5.28. The maximum Gasteiger partial charge on any atom is 0.407 e. The lowest BCUT2D eigenvalue weighted by molar-refractivity contribution is -0.166. The van der Waals surface area contributed by atoms with Gasteiger partial charge in [0.25, 0.3) is 0 Å². The number of carboxylic acids is 1. The van der Waals surface area contributed by atoms with Gasteiger partial charge >= 0.3 is 12.1 Å². The second-order valence-corrected chi connectivity index (χ2v) is 4.23. The Bertz CT molecular complexity index is 306. The van der Waals surface area contributed by atoms with E-state index >= 15 is 0 Å². The Balaban J connectivity index is 2.98. The molecule has 0 radical (unpaired) electrons. The van der Waals surface area contributed by atoms with Crippen LogP contribution >= 0.6 is 0 Å². The molecule has 0 aromatic rings. The van der Waals surface area contributed by atoms with E-state index in [4.69, 9.17) is 5.11 Å². The number of amides is 1. The van der Waals surface area contributed by atoms with Crippen LogP contribution in [0, 0.1) is 5.41 Å². The molecule has 0 aliphatic carbocycles. The molecule has 0 aromatic carbocycles. The van der Waals surface area contributed by atoms with Gasteiger partial charge in [-0.3, -0.25) is 4.79 Å². The molecule has 0 spiro atoms. The molecule has 16 heavy (non-hydrogen) atoms. The molecule has 0 aromatic heterocycles. The first kappa shape index (κ1) is 12.8. The monoisotopic (exact) mass is 231 g/mol. The molecule has 1 aliphatic rings. The number of hydrogen-bond acceptors (Lipinski definition) is 3. The van der Waals surface area contributed by atoms with Crippen molar-refractivity contribution in [3.05, 3.63) is 0 Å². The zero-order valence-corrected chi connectivity index (χ0v) is 9.38. The fourth-order valence-electron chi connectivity index (χ4n) is 2.34. The molecule has 0 bridgehead atoms. The first-order valence-corrected chi connectivity index (χ1v) is 5.28. The van der Waals surface area contributed by atoms with Crippen LogP contribution < -0.4 is 0 Å². The van der Waals surface area contributed by atoms with Gasteiger partial charge in [-0.05, 0) is 19.8 Å². The lowest BCUT2D eigenvalue weighted by atomic mass is 9.71. The van der Waals surface area contributed by atoms with Crippen LogP contribution in [-0.2, 0) is 4.79 Å². The van der Waals surface area contributed by atoms with Gasteiger partial charge in [0, 0.05) is 6.54 Å². The van der Waals surface area contributed by atoms with Gasteiger partial charge in [-0.25, -0.2) is 4.79 Å². The minimum atomic E-state index is -1.22. The van der Waals surface area contributed by atoms with Gasteiger partial charge in [0.2, 0.25) is 0 Å². The second kappa shape index (κ2) is 4.29. The number of hydrogen-bond donors (Lipinski definition) is 3. The van der Waals surface area contributed by atoms with Gasteiger partial charge in [-0.2, -0.15) is 0 Å². The average Bonchev–Trinajstić information content (AvgIpc) is 2.21. The quantitative estimate of drug-likeness (QED) is 0.646. The van der Waals surface area contributed by atoms with Crippen LogP contribution in [0.25, 0.3) is 0 Å². The SMILES string of the molecule is CCC1(C(=O)O)CCN(C(=O)O)[C@@H](C)C1O.